The average Bonchev–Trinajstić information content (AvgIpc) is 2.68. The molecule has 0 saturated heterocycles. The number of benzene rings is 1. The lowest BCUT2D eigenvalue weighted by molar-refractivity contribution is -0.137. The van der Waals surface area contributed by atoms with Crippen LogP contribution < -0.4 is 14.2 Å². The number of ketones is 1. The summed E-state index contributed by atoms with van der Waals surface area (Å²) in [5.41, 5.74) is -0.627. The number of aromatic nitrogens is 1. The third-order valence-electron chi connectivity index (χ3n) is 3.73. The molecule has 1 aromatic carbocycles. The van der Waals surface area contributed by atoms with Crippen molar-refractivity contribution in [2.24, 2.45) is 0 Å². The second-order valence-electron chi connectivity index (χ2n) is 6.08. The van der Waals surface area contributed by atoms with Gasteiger partial charge in [-0.15, -0.1) is 0 Å². The third-order valence-corrected chi connectivity index (χ3v) is 4.32. The van der Waals surface area contributed by atoms with Gasteiger partial charge in [-0.2, -0.15) is 13.2 Å². The van der Waals surface area contributed by atoms with E-state index >= 15 is 0 Å². The van der Waals surface area contributed by atoms with Gasteiger partial charge in [0.2, 0.25) is 5.88 Å². The maximum absolute atomic E-state index is 12.5. The Morgan fingerprint density at radius 1 is 1.13 bits per heavy atom. The molecule has 0 fully saturated rings. The topological polar surface area (TPSA) is 57.7 Å². The minimum atomic E-state index is -4.46. The quantitative estimate of drug-likeness (QED) is 0.276. The van der Waals surface area contributed by atoms with Gasteiger partial charge in [-0.1, -0.05) is 34.8 Å². The molecule has 2 aromatic rings. The Hall–Kier alpha value is -2.16. The Morgan fingerprint density at radius 3 is 2.42 bits per heavy atom. The van der Waals surface area contributed by atoms with Gasteiger partial charge in [-0.3, -0.25) is 4.79 Å². The molecule has 0 bridgehead atoms. The largest absolute Gasteiger partial charge is 0.491 e. The monoisotopic (exact) mass is 497 g/mol. The number of halogens is 6. The molecule has 0 aliphatic rings. The number of carbonyl (C=O) groups excluding carboxylic acids is 1. The summed E-state index contributed by atoms with van der Waals surface area (Å²) in [6.45, 7) is 1.73. The smallest absolute Gasteiger partial charge is 0.417 e. The summed E-state index contributed by atoms with van der Waals surface area (Å²) in [5.74, 6) is 0.312. The van der Waals surface area contributed by atoms with E-state index in [-0.39, 0.29) is 52.3 Å². The Kier molecular flexibility index (Phi) is 9.28. The van der Waals surface area contributed by atoms with Crippen molar-refractivity contribution in [1.82, 2.24) is 4.98 Å². The zero-order valence-corrected chi connectivity index (χ0v) is 18.4. The number of alkyl halides is 3. The zero-order chi connectivity index (χ0) is 23.0. The van der Waals surface area contributed by atoms with Gasteiger partial charge in [0.1, 0.15) is 22.6 Å². The molecule has 0 amide bonds. The van der Waals surface area contributed by atoms with Crippen LogP contribution in [0.5, 0.6) is 17.4 Å². The second-order valence-corrected chi connectivity index (χ2v) is 7.49. The molecule has 1 aromatic heterocycles. The molecular formula is C20H17Cl3F3NO4. The van der Waals surface area contributed by atoms with Crippen LogP contribution in [0.3, 0.4) is 0 Å². The Bertz CT molecular complexity index is 931. The molecule has 5 nitrogen and oxygen atoms in total. The number of pyridine rings is 1. The lowest BCUT2D eigenvalue weighted by Gasteiger charge is -2.14. The van der Waals surface area contributed by atoms with Gasteiger partial charge in [0.15, 0.2) is 5.78 Å². The van der Waals surface area contributed by atoms with E-state index in [1.807, 2.05) is 0 Å². The van der Waals surface area contributed by atoms with E-state index in [0.717, 1.165) is 12.1 Å². The first kappa shape index (κ1) is 25.1. The highest BCUT2D eigenvalue weighted by Crippen LogP contribution is 2.34. The molecule has 0 N–H and O–H groups in total. The average molecular weight is 499 g/mol. The fourth-order valence-electron chi connectivity index (χ4n) is 2.30. The van der Waals surface area contributed by atoms with Gasteiger partial charge < -0.3 is 14.2 Å². The van der Waals surface area contributed by atoms with Gasteiger partial charge >= 0.3 is 6.18 Å². The van der Waals surface area contributed by atoms with E-state index in [9.17, 15) is 18.0 Å². The molecule has 0 aliphatic heterocycles. The fourth-order valence-corrected chi connectivity index (χ4v) is 2.69. The molecular weight excluding hydrogens is 482 g/mol. The van der Waals surface area contributed by atoms with Crippen molar-refractivity contribution >= 4 is 40.6 Å². The van der Waals surface area contributed by atoms with Crippen LogP contribution in [0.2, 0.25) is 5.02 Å². The van der Waals surface area contributed by atoms with Crippen LogP contribution in [0.25, 0.3) is 0 Å². The van der Waals surface area contributed by atoms with Gasteiger partial charge in [-0.25, -0.2) is 4.98 Å². The SMILES string of the molecule is CC(=O)c1cc(OCC=C(Cl)Cl)cc(Cl)c1OCCCOc1ccc(C(F)(F)F)cn1. The standard InChI is InChI=1S/C20H17Cl3F3NO4/c1-12(28)15-9-14(29-8-5-17(22)23)10-16(21)19(15)31-7-2-6-30-18-4-3-13(11-27-18)20(24,25)26/h3-5,9-11H,2,6-8H2,1H3. The highest BCUT2D eigenvalue weighted by Gasteiger charge is 2.30. The van der Waals surface area contributed by atoms with Crippen LogP contribution in [-0.2, 0) is 6.18 Å². The van der Waals surface area contributed by atoms with E-state index < -0.39 is 11.7 Å². The van der Waals surface area contributed by atoms with Gasteiger partial charge in [0.05, 0.1) is 29.4 Å². The van der Waals surface area contributed by atoms with E-state index in [1.54, 1.807) is 0 Å². The summed E-state index contributed by atoms with van der Waals surface area (Å²) in [6, 6.07) is 5.00. The number of ether oxygens (including phenoxy) is 3. The van der Waals surface area contributed by atoms with Crippen LogP contribution in [0, 0.1) is 0 Å². The highest BCUT2D eigenvalue weighted by molar-refractivity contribution is 6.55. The van der Waals surface area contributed by atoms with Crippen molar-refractivity contribution < 1.29 is 32.2 Å². The Labute approximate surface area is 191 Å². The van der Waals surface area contributed by atoms with Crippen LogP contribution >= 0.6 is 34.8 Å². The summed E-state index contributed by atoms with van der Waals surface area (Å²) in [7, 11) is 0. The summed E-state index contributed by atoms with van der Waals surface area (Å²) in [5, 5.41) is 0.175. The van der Waals surface area contributed by atoms with E-state index in [4.69, 9.17) is 49.0 Å². The first-order chi connectivity index (χ1) is 14.6. The minimum Gasteiger partial charge on any atom is -0.491 e. The lowest BCUT2D eigenvalue weighted by Crippen LogP contribution is -2.09. The molecule has 31 heavy (non-hydrogen) atoms. The van der Waals surface area contributed by atoms with Crippen LogP contribution in [-0.4, -0.2) is 30.6 Å². The van der Waals surface area contributed by atoms with Crippen LogP contribution in [0.1, 0.15) is 29.3 Å². The van der Waals surface area contributed by atoms with Crippen molar-refractivity contribution in [2.75, 3.05) is 19.8 Å². The molecule has 0 saturated carbocycles. The Balaban J connectivity index is 1.91. The molecule has 1 heterocycles. The third kappa shape index (κ3) is 8.12. The van der Waals surface area contributed by atoms with Crippen molar-refractivity contribution in [3.63, 3.8) is 0 Å². The maximum Gasteiger partial charge on any atom is 0.417 e. The fraction of sp³-hybridized carbons (Fsp3) is 0.300. The number of nitrogens with zero attached hydrogens (tertiary/aromatic N) is 1. The number of hydrogen-bond donors (Lipinski definition) is 0. The van der Waals surface area contributed by atoms with Crippen LogP contribution in [0.15, 0.2) is 41.0 Å². The number of rotatable bonds is 10. The first-order valence-corrected chi connectivity index (χ1v) is 9.98. The molecule has 0 radical (unpaired) electrons. The van der Waals surface area contributed by atoms with E-state index in [1.165, 1.54) is 25.1 Å². The maximum atomic E-state index is 12.5. The summed E-state index contributed by atoms with van der Waals surface area (Å²) in [4.78, 5) is 15.6. The number of Topliss-reactive ketones (excluding diaryl/α,β-unsaturated/α-hetero) is 1. The molecule has 0 unspecified atom stereocenters. The number of carbonyl (C=O) groups is 1. The van der Waals surface area contributed by atoms with Crippen LogP contribution in [0.4, 0.5) is 13.2 Å². The molecule has 0 atom stereocenters. The lowest BCUT2D eigenvalue weighted by atomic mass is 10.1. The van der Waals surface area contributed by atoms with Gasteiger partial charge in [0.25, 0.3) is 0 Å². The minimum absolute atomic E-state index is 0.0477. The first-order valence-electron chi connectivity index (χ1n) is 8.85. The highest BCUT2D eigenvalue weighted by atomic mass is 35.5. The van der Waals surface area contributed by atoms with Crippen molar-refractivity contribution in [1.29, 1.82) is 0 Å². The number of hydrogen-bond acceptors (Lipinski definition) is 5. The molecule has 0 spiro atoms. The molecule has 2 rings (SSSR count). The van der Waals surface area contributed by atoms with Crippen molar-refractivity contribution in [2.45, 2.75) is 19.5 Å². The summed E-state index contributed by atoms with van der Waals surface area (Å²) in [6.07, 6.45) is -1.96. The molecule has 0 aliphatic carbocycles. The van der Waals surface area contributed by atoms with Crippen molar-refractivity contribution in [3.8, 4) is 17.4 Å². The normalized spacial score (nSPS) is 11.1. The summed E-state index contributed by atoms with van der Waals surface area (Å²) >= 11 is 17.3. The zero-order valence-electron chi connectivity index (χ0n) is 16.1. The van der Waals surface area contributed by atoms with Crippen molar-refractivity contribution in [3.05, 3.63) is 57.2 Å². The second kappa shape index (κ2) is 11.5. The van der Waals surface area contributed by atoms with Gasteiger partial charge in [0, 0.05) is 24.8 Å². The predicted octanol–water partition coefficient (Wildman–Crippen LogP) is 6.50. The van der Waals surface area contributed by atoms with E-state index in [2.05, 4.69) is 4.98 Å². The predicted molar refractivity (Wildman–Crippen MR) is 112 cm³/mol. The molecule has 168 valence electrons. The Morgan fingerprint density at radius 2 is 1.84 bits per heavy atom. The summed E-state index contributed by atoms with van der Waals surface area (Å²) < 4.78 is 54.0. The van der Waals surface area contributed by atoms with Gasteiger partial charge in [-0.05, 0) is 25.1 Å². The molecule has 11 heteroatoms. The van der Waals surface area contributed by atoms with E-state index in [0.29, 0.717) is 18.4 Å².